The van der Waals surface area contributed by atoms with Crippen LogP contribution in [0.15, 0.2) is 78.9 Å². The van der Waals surface area contributed by atoms with E-state index in [1.807, 2.05) is 72.8 Å². The summed E-state index contributed by atoms with van der Waals surface area (Å²) in [6, 6.07) is 25.0. The van der Waals surface area contributed by atoms with Crippen LogP contribution in [0.3, 0.4) is 0 Å². The van der Waals surface area contributed by atoms with Crippen molar-refractivity contribution in [1.82, 2.24) is 4.98 Å². The molecule has 3 aromatic carbocycles. The maximum atomic E-state index is 10.3. The summed E-state index contributed by atoms with van der Waals surface area (Å²) in [7, 11) is 0. The van der Waals surface area contributed by atoms with Gasteiger partial charge in [-0.2, -0.15) is 0 Å². The molecule has 0 aliphatic rings. The molecule has 27 heavy (non-hydrogen) atoms. The number of anilines is 2. The van der Waals surface area contributed by atoms with Gasteiger partial charge >= 0.3 is 0 Å². The smallest absolute Gasteiger partial charge is 0.141 e. The molecular formula is C23H19N3O. The Morgan fingerprint density at radius 1 is 0.926 bits per heavy atom. The van der Waals surface area contributed by atoms with Crippen molar-refractivity contribution in [2.24, 2.45) is 0 Å². The Balaban J connectivity index is 1.87. The predicted octanol–water partition coefficient (Wildman–Crippen LogP) is 5.74. The highest BCUT2D eigenvalue weighted by Crippen LogP contribution is 2.34. The Hall–Kier alpha value is -3.66. The van der Waals surface area contributed by atoms with Crippen LogP contribution in [-0.2, 0) is 0 Å². The van der Waals surface area contributed by atoms with Gasteiger partial charge in [-0.15, -0.1) is 0 Å². The van der Waals surface area contributed by atoms with Crippen LogP contribution in [0.1, 0.15) is 12.5 Å². The van der Waals surface area contributed by atoms with Gasteiger partial charge in [-0.1, -0.05) is 54.6 Å². The number of phenolic OH excluding ortho intramolecular Hbond substituents is 1. The topological polar surface area (TPSA) is 69.0 Å². The molecule has 0 saturated carbocycles. The molecule has 4 aromatic rings. The standard InChI is InChI=1S/C23H19N3O/c1-15(24)17-9-5-10-18(13-17)25-21-14-20(16-7-3-2-4-8-16)26-23-19(21)11-6-12-22(23)27/h2-14,24,27H,1H3,(H,25,26). The number of fused-ring (bicyclic) bond motifs is 1. The molecule has 0 amide bonds. The number of rotatable bonds is 4. The van der Waals surface area contributed by atoms with Gasteiger partial charge < -0.3 is 15.8 Å². The number of pyridine rings is 1. The van der Waals surface area contributed by atoms with Crippen molar-refractivity contribution in [3.05, 3.63) is 84.4 Å². The van der Waals surface area contributed by atoms with Gasteiger partial charge in [-0.25, -0.2) is 4.98 Å². The fourth-order valence-corrected chi connectivity index (χ4v) is 3.08. The molecule has 4 nitrogen and oxygen atoms in total. The number of nitrogens with one attached hydrogen (secondary N) is 2. The van der Waals surface area contributed by atoms with Crippen LogP contribution in [0, 0.1) is 5.41 Å². The summed E-state index contributed by atoms with van der Waals surface area (Å²) in [5, 5.41) is 22.4. The molecule has 0 unspecified atom stereocenters. The number of para-hydroxylation sites is 1. The molecule has 0 atom stereocenters. The van der Waals surface area contributed by atoms with Crippen molar-refractivity contribution in [3.63, 3.8) is 0 Å². The first kappa shape index (κ1) is 16.8. The minimum atomic E-state index is 0.150. The van der Waals surface area contributed by atoms with E-state index in [2.05, 4.69) is 10.3 Å². The van der Waals surface area contributed by atoms with Crippen LogP contribution in [-0.4, -0.2) is 15.8 Å². The monoisotopic (exact) mass is 353 g/mol. The van der Waals surface area contributed by atoms with E-state index in [9.17, 15) is 5.11 Å². The zero-order valence-corrected chi connectivity index (χ0v) is 14.9. The Labute approximate surface area is 157 Å². The van der Waals surface area contributed by atoms with Gasteiger partial charge in [0, 0.05) is 22.3 Å². The van der Waals surface area contributed by atoms with Crippen LogP contribution in [0.4, 0.5) is 11.4 Å². The Morgan fingerprint density at radius 3 is 2.48 bits per heavy atom. The lowest BCUT2D eigenvalue weighted by atomic mass is 10.1. The minimum absolute atomic E-state index is 0.150. The summed E-state index contributed by atoms with van der Waals surface area (Å²) >= 11 is 0. The van der Waals surface area contributed by atoms with E-state index in [-0.39, 0.29) is 5.75 Å². The van der Waals surface area contributed by atoms with E-state index in [1.165, 1.54) is 0 Å². The van der Waals surface area contributed by atoms with E-state index in [0.717, 1.165) is 33.6 Å². The maximum Gasteiger partial charge on any atom is 0.141 e. The van der Waals surface area contributed by atoms with Crippen molar-refractivity contribution < 1.29 is 5.11 Å². The third kappa shape index (κ3) is 3.37. The zero-order valence-electron chi connectivity index (χ0n) is 14.9. The summed E-state index contributed by atoms with van der Waals surface area (Å²) in [6.45, 7) is 1.77. The van der Waals surface area contributed by atoms with Crippen molar-refractivity contribution in [2.75, 3.05) is 5.32 Å². The summed E-state index contributed by atoms with van der Waals surface area (Å²) in [5.74, 6) is 0.150. The van der Waals surface area contributed by atoms with Crippen molar-refractivity contribution >= 4 is 28.0 Å². The van der Waals surface area contributed by atoms with Gasteiger partial charge in [0.2, 0.25) is 0 Å². The number of nitrogens with zero attached hydrogens (tertiary/aromatic N) is 1. The molecule has 132 valence electrons. The largest absolute Gasteiger partial charge is 0.506 e. The summed E-state index contributed by atoms with van der Waals surface area (Å²) in [4.78, 5) is 4.67. The van der Waals surface area contributed by atoms with Crippen LogP contribution in [0.25, 0.3) is 22.2 Å². The van der Waals surface area contributed by atoms with Crippen LogP contribution >= 0.6 is 0 Å². The summed E-state index contributed by atoms with van der Waals surface area (Å²) in [5.41, 5.74) is 5.44. The van der Waals surface area contributed by atoms with Gasteiger partial charge in [0.25, 0.3) is 0 Å². The quantitative estimate of drug-likeness (QED) is 0.410. The second-order valence-electron chi connectivity index (χ2n) is 6.43. The molecule has 0 spiro atoms. The molecule has 3 N–H and O–H groups in total. The molecule has 1 aromatic heterocycles. The Morgan fingerprint density at radius 2 is 1.70 bits per heavy atom. The van der Waals surface area contributed by atoms with Crippen molar-refractivity contribution in [1.29, 1.82) is 5.41 Å². The molecule has 4 heteroatoms. The molecule has 1 heterocycles. The Bertz CT molecular complexity index is 1140. The molecule has 0 aliphatic heterocycles. The molecule has 0 radical (unpaired) electrons. The number of benzene rings is 3. The number of aromatic nitrogens is 1. The van der Waals surface area contributed by atoms with Gasteiger partial charge in [-0.05, 0) is 36.8 Å². The lowest BCUT2D eigenvalue weighted by Gasteiger charge is -2.14. The number of phenols is 1. The third-order valence-electron chi connectivity index (χ3n) is 4.46. The van der Waals surface area contributed by atoms with Gasteiger partial charge in [0.15, 0.2) is 0 Å². The lowest BCUT2D eigenvalue weighted by molar-refractivity contribution is 0.480. The van der Waals surface area contributed by atoms with Crippen LogP contribution in [0.5, 0.6) is 5.75 Å². The maximum absolute atomic E-state index is 10.3. The first-order chi connectivity index (χ1) is 13.1. The normalized spacial score (nSPS) is 10.7. The molecule has 0 aliphatic carbocycles. The average molecular weight is 353 g/mol. The predicted molar refractivity (Wildman–Crippen MR) is 111 cm³/mol. The fraction of sp³-hybridized carbons (Fsp3) is 0.0435. The SMILES string of the molecule is CC(=N)c1cccc(Nc2cc(-c3ccccc3)nc3c(O)cccc23)c1. The highest BCUT2D eigenvalue weighted by molar-refractivity contribution is 6.00. The molecule has 4 rings (SSSR count). The van der Waals surface area contributed by atoms with Gasteiger partial charge in [0.1, 0.15) is 11.3 Å². The second kappa shape index (κ2) is 6.92. The van der Waals surface area contributed by atoms with E-state index in [1.54, 1.807) is 13.0 Å². The fourth-order valence-electron chi connectivity index (χ4n) is 3.08. The molecule has 0 saturated heterocycles. The van der Waals surface area contributed by atoms with E-state index < -0.39 is 0 Å². The van der Waals surface area contributed by atoms with E-state index in [0.29, 0.717) is 11.2 Å². The third-order valence-corrected chi connectivity index (χ3v) is 4.46. The van der Waals surface area contributed by atoms with E-state index in [4.69, 9.17) is 5.41 Å². The number of aromatic hydroxyl groups is 1. The first-order valence-corrected chi connectivity index (χ1v) is 8.72. The van der Waals surface area contributed by atoms with E-state index >= 15 is 0 Å². The van der Waals surface area contributed by atoms with Gasteiger partial charge in [-0.3, -0.25) is 0 Å². The number of hydrogen-bond donors (Lipinski definition) is 3. The summed E-state index contributed by atoms with van der Waals surface area (Å²) < 4.78 is 0. The average Bonchev–Trinajstić information content (AvgIpc) is 2.69. The first-order valence-electron chi connectivity index (χ1n) is 8.72. The molecule has 0 fully saturated rings. The minimum Gasteiger partial charge on any atom is -0.506 e. The van der Waals surface area contributed by atoms with Crippen molar-refractivity contribution in [3.8, 4) is 17.0 Å². The van der Waals surface area contributed by atoms with Crippen LogP contribution in [0.2, 0.25) is 0 Å². The van der Waals surface area contributed by atoms with Gasteiger partial charge in [0.05, 0.1) is 11.4 Å². The summed E-state index contributed by atoms with van der Waals surface area (Å²) in [6.07, 6.45) is 0. The Kier molecular flexibility index (Phi) is 4.30. The van der Waals surface area contributed by atoms with Crippen LogP contribution < -0.4 is 5.32 Å². The second-order valence-corrected chi connectivity index (χ2v) is 6.43. The molecular weight excluding hydrogens is 334 g/mol. The number of hydrogen-bond acceptors (Lipinski definition) is 4. The highest BCUT2D eigenvalue weighted by Gasteiger charge is 2.11. The zero-order chi connectivity index (χ0) is 18.8. The highest BCUT2D eigenvalue weighted by atomic mass is 16.3. The molecule has 0 bridgehead atoms. The van der Waals surface area contributed by atoms with Crippen molar-refractivity contribution in [2.45, 2.75) is 6.92 Å². The lowest BCUT2D eigenvalue weighted by Crippen LogP contribution is -1.97.